The zero-order valence-corrected chi connectivity index (χ0v) is 12.5. The molecule has 0 radical (unpaired) electrons. The first-order valence-corrected chi connectivity index (χ1v) is 6.45. The van der Waals surface area contributed by atoms with Gasteiger partial charge in [0.25, 0.3) is 0 Å². The molecular formula is C14H14F3O6-. The number of benzene rings is 1. The number of ether oxygens (including phenoxy) is 3. The largest absolute Gasteiger partial charge is 0.573 e. The predicted octanol–water partition coefficient (Wildman–Crippen LogP) is 2.65. The Kier molecular flexibility index (Phi) is 5.46. The van der Waals surface area contributed by atoms with Crippen molar-refractivity contribution in [3.05, 3.63) is 23.8 Å². The maximum atomic E-state index is 12.3. The number of alkyl halides is 3. The lowest BCUT2D eigenvalue weighted by Crippen LogP contribution is -2.29. The van der Waals surface area contributed by atoms with Crippen LogP contribution in [0.5, 0.6) is 11.5 Å². The van der Waals surface area contributed by atoms with Crippen molar-refractivity contribution in [3.8, 4) is 11.5 Å². The van der Waals surface area contributed by atoms with Crippen LogP contribution < -0.4 is 14.6 Å². The number of carboxylic acids is 1. The molecule has 6 nitrogen and oxygen atoms in total. The molecule has 0 aliphatic heterocycles. The molecule has 0 atom stereocenters. The number of aromatic carboxylic acids is 1. The van der Waals surface area contributed by atoms with Gasteiger partial charge in [-0.25, -0.2) is 4.79 Å². The summed E-state index contributed by atoms with van der Waals surface area (Å²) in [5.41, 5.74) is -1.40. The third kappa shape index (κ3) is 6.05. The minimum absolute atomic E-state index is 0.424. The van der Waals surface area contributed by atoms with E-state index in [1.165, 1.54) is 0 Å². The van der Waals surface area contributed by atoms with Crippen LogP contribution in [-0.2, 0) is 4.74 Å². The van der Waals surface area contributed by atoms with Crippen LogP contribution in [0.15, 0.2) is 18.2 Å². The molecule has 1 rings (SSSR count). The van der Waals surface area contributed by atoms with Gasteiger partial charge in [-0.15, -0.1) is 13.2 Å². The lowest BCUT2D eigenvalue weighted by molar-refractivity contribution is -0.275. The van der Waals surface area contributed by atoms with E-state index in [1.807, 2.05) is 0 Å². The molecule has 1 aromatic rings. The summed E-state index contributed by atoms with van der Waals surface area (Å²) in [6.07, 6.45) is -5.92. The maximum Gasteiger partial charge on any atom is 0.573 e. The van der Waals surface area contributed by atoms with Gasteiger partial charge in [-0.3, -0.25) is 0 Å². The molecule has 0 heterocycles. The van der Waals surface area contributed by atoms with Crippen molar-refractivity contribution >= 4 is 12.1 Å². The second kappa shape index (κ2) is 6.76. The van der Waals surface area contributed by atoms with Gasteiger partial charge in [0.05, 0.1) is 5.97 Å². The van der Waals surface area contributed by atoms with E-state index in [9.17, 15) is 27.9 Å². The molecule has 0 unspecified atom stereocenters. The number of hydrogen-bond acceptors (Lipinski definition) is 6. The summed E-state index contributed by atoms with van der Waals surface area (Å²) in [5.74, 6) is -3.29. The van der Waals surface area contributed by atoms with E-state index in [4.69, 9.17) is 4.74 Å². The Balaban J connectivity index is 3.07. The van der Waals surface area contributed by atoms with Crippen LogP contribution in [0.1, 0.15) is 37.6 Å². The van der Waals surface area contributed by atoms with Gasteiger partial charge in [0, 0.05) is 5.56 Å². The average molecular weight is 335 g/mol. The molecule has 0 aromatic heterocycles. The number of carbonyl (C=O) groups excluding carboxylic acids is 2. The molecule has 0 N–H and O–H groups in total. The maximum absolute atomic E-state index is 12.3. The molecule has 0 aliphatic rings. The third-order valence-electron chi connectivity index (χ3n) is 2.81. The predicted molar refractivity (Wildman–Crippen MR) is 68.9 cm³/mol. The standard InChI is InChI=1S/C14H15F3O6/c1-4-13(2,3)23-12(20)21-10-7-8(11(18)19)5-6-9(10)22-14(15,16)17/h5-7H,4H2,1-3H3,(H,18,19)/p-1. The van der Waals surface area contributed by atoms with Crippen LogP contribution in [0, 0.1) is 0 Å². The monoisotopic (exact) mass is 335 g/mol. The van der Waals surface area contributed by atoms with E-state index in [2.05, 4.69) is 9.47 Å². The van der Waals surface area contributed by atoms with Crippen LogP contribution in [0.25, 0.3) is 0 Å². The molecule has 1 aromatic carbocycles. The van der Waals surface area contributed by atoms with Crippen LogP contribution in [0.2, 0.25) is 0 Å². The van der Waals surface area contributed by atoms with Gasteiger partial charge < -0.3 is 24.1 Å². The van der Waals surface area contributed by atoms with Gasteiger partial charge in [-0.05, 0) is 38.5 Å². The lowest BCUT2D eigenvalue weighted by Gasteiger charge is -2.23. The first kappa shape index (κ1) is 18.6. The summed E-state index contributed by atoms with van der Waals surface area (Å²) in [5, 5.41) is 10.8. The zero-order chi connectivity index (χ0) is 17.8. The Hall–Kier alpha value is -2.45. The summed E-state index contributed by atoms with van der Waals surface area (Å²) in [6, 6.07) is 2.20. The van der Waals surface area contributed by atoms with Gasteiger partial charge in [-0.1, -0.05) is 6.92 Å². The molecule has 0 aliphatic carbocycles. The zero-order valence-electron chi connectivity index (χ0n) is 12.5. The first-order chi connectivity index (χ1) is 10.4. The van der Waals surface area contributed by atoms with Crippen LogP contribution >= 0.6 is 0 Å². The van der Waals surface area contributed by atoms with Crippen molar-refractivity contribution in [2.45, 2.75) is 39.2 Å². The lowest BCUT2D eigenvalue weighted by atomic mass is 10.1. The van der Waals surface area contributed by atoms with Crippen molar-refractivity contribution in [1.29, 1.82) is 0 Å². The van der Waals surface area contributed by atoms with E-state index in [0.29, 0.717) is 18.6 Å². The molecule has 0 saturated heterocycles. The average Bonchev–Trinajstić information content (AvgIpc) is 2.38. The molecule has 128 valence electrons. The second-order valence-electron chi connectivity index (χ2n) is 5.06. The van der Waals surface area contributed by atoms with Gasteiger partial charge in [0.15, 0.2) is 11.5 Å². The van der Waals surface area contributed by atoms with E-state index >= 15 is 0 Å². The summed E-state index contributed by atoms with van der Waals surface area (Å²) < 4.78 is 50.2. The Morgan fingerprint density at radius 3 is 2.26 bits per heavy atom. The van der Waals surface area contributed by atoms with Crippen molar-refractivity contribution < 1.29 is 42.1 Å². The van der Waals surface area contributed by atoms with Gasteiger partial charge in [-0.2, -0.15) is 0 Å². The van der Waals surface area contributed by atoms with E-state index in [-0.39, 0.29) is 0 Å². The van der Waals surface area contributed by atoms with Crippen LogP contribution in [0.4, 0.5) is 18.0 Å². The first-order valence-electron chi connectivity index (χ1n) is 6.45. The summed E-state index contributed by atoms with van der Waals surface area (Å²) in [6.45, 7) is 4.86. The highest BCUT2D eigenvalue weighted by Crippen LogP contribution is 2.33. The van der Waals surface area contributed by atoms with Gasteiger partial charge >= 0.3 is 12.5 Å². The Morgan fingerprint density at radius 1 is 1.17 bits per heavy atom. The normalized spacial score (nSPS) is 11.7. The quantitative estimate of drug-likeness (QED) is 0.607. The fraction of sp³-hybridized carbons (Fsp3) is 0.429. The second-order valence-corrected chi connectivity index (χ2v) is 5.06. The number of hydrogen-bond donors (Lipinski definition) is 0. The fourth-order valence-electron chi connectivity index (χ4n) is 1.33. The molecule has 9 heteroatoms. The SMILES string of the molecule is CCC(C)(C)OC(=O)Oc1cc(C(=O)[O-])ccc1OC(F)(F)F. The highest BCUT2D eigenvalue weighted by molar-refractivity contribution is 5.87. The number of halogens is 3. The Morgan fingerprint density at radius 2 is 1.78 bits per heavy atom. The summed E-state index contributed by atoms with van der Waals surface area (Å²) in [4.78, 5) is 22.4. The summed E-state index contributed by atoms with van der Waals surface area (Å²) in [7, 11) is 0. The molecule has 0 bridgehead atoms. The van der Waals surface area contributed by atoms with Crippen molar-refractivity contribution in [1.82, 2.24) is 0 Å². The molecule has 0 amide bonds. The van der Waals surface area contributed by atoms with Crippen LogP contribution in [0.3, 0.4) is 0 Å². The molecule has 23 heavy (non-hydrogen) atoms. The molecule has 0 spiro atoms. The van der Waals surface area contributed by atoms with E-state index < -0.39 is 41.2 Å². The minimum atomic E-state index is -5.05. The Bertz CT molecular complexity index is 595. The third-order valence-corrected chi connectivity index (χ3v) is 2.81. The van der Waals surface area contributed by atoms with Crippen molar-refractivity contribution in [2.24, 2.45) is 0 Å². The number of carbonyl (C=O) groups is 2. The van der Waals surface area contributed by atoms with E-state index in [0.717, 1.165) is 6.07 Å². The topological polar surface area (TPSA) is 84.9 Å². The van der Waals surface area contributed by atoms with Crippen LogP contribution in [-0.4, -0.2) is 24.1 Å². The molecular weight excluding hydrogens is 321 g/mol. The van der Waals surface area contributed by atoms with Crippen molar-refractivity contribution in [2.75, 3.05) is 0 Å². The van der Waals surface area contributed by atoms with Crippen molar-refractivity contribution in [3.63, 3.8) is 0 Å². The van der Waals surface area contributed by atoms with Gasteiger partial charge in [0.1, 0.15) is 5.60 Å². The van der Waals surface area contributed by atoms with E-state index in [1.54, 1.807) is 20.8 Å². The highest BCUT2D eigenvalue weighted by Gasteiger charge is 2.33. The smallest absolute Gasteiger partial charge is 0.545 e. The minimum Gasteiger partial charge on any atom is -0.545 e. The Labute approximate surface area is 129 Å². The molecule has 0 fully saturated rings. The number of carboxylic acid groups (broad SMARTS) is 1. The fourth-order valence-corrected chi connectivity index (χ4v) is 1.33. The number of rotatable bonds is 5. The van der Waals surface area contributed by atoms with Gasteiger partial charge in [0.2, 0.25) is 0 Å². The summed E-state index contributed by atoms with van der Waals surface area (Å²) >= 11 is 0. The molecule has 0 saturated carbocycles. The highest BCUT2D eigenvalue weighted by atomic mass is 19.4.